The van der Waals surface area contributed by atoms with Crippen LogP contribution in [0, 0.1) is 0 Å². The summed E-state index contributed by atoms with van der Waals surface area (Å²) in [5.41, 5.74) is -0.272. The maximum absolute atomic E-state index is 10.8. The van der Waals surface area contributed by atoms with Crippen molar-refractivity contribution in [2.75, 3.05) is 13.7 Å². The van der Waals surface area contributed by atoms with Gasteiger partial charge in [0.05, 0.1) is 6.61 Å². The quantitative estimate of drug-likeness (QED) is 0.852. The van der Waals surface area contributed by atoms with Gasteiger partial charge < -0.3 is 9.84 Å². The number of hydrogen-bond acceptors (Lipinski definition) is 4. The van der Waals surface area contributed by atoms with Crippen molar-refractivity contribution in [2.24, 2.45) is 7.05 Å². The topological polar surface area (TPSA) is 60.2 Å². The molecule has 0 spiro atoms. The molecule has 0 saturated heterocycles. The Kier molecular flexibility index (Phi) is 3.74. The minimum Gasteiger partial charge on any atom is -0.382 e. The number of aliphatic hydroxyl groups is 1. The van der Waals surface area contributed by atoms with Crippen LogP contribution in [-0.4, -0.2) is 33.6 Å². The molecule has 1 heterocycles. The minimum atomic E-state index is -1.09. The van der Waals surface area contributed by atoms with Crippen molar-refractivity contribution in [3.05, 3.63) is 48.0 Å². The third kappa shape index (κ3) is 2.57. The number of hydrogen-bond donors (Lipinski definition) is 1. The average molecular weight is 247 g/mol. The van der Waals surface area contributed by atoms with Crippen LogP contribution in [0.5, 0.6) is 0 Å². The van der Waals surface area contributed by atoms with Crippen LogP contribution in [0.15, 0.2) is 36.7 Å². The predicted octanol–water partition coefficient (Wildman–Crippen LogP) is 0.892. The van der Waals surface area contributed by atoms with Gasteiger partial charge in [-0.15, -0.1) is 0 Å². The number of methoxy groups -OCH3 is 1. The first-order valence-electron chi connectivity index (χ1n) is 5.75. The maximum atomic E-state index is 10.8. The van der Waals surface area contributed by atoms with Crippen molar-refractivity contribution in [1.29, 1.82) is 0 Å². The Balaban J connectivity index is 2.30. The van der Waals surface area contributed by atoms with E-state index in [1.54, 1.807) is 18.8 Å². The van der Waals surface area contributed by atoms with E-state index in [9.17, 15) is 5.11 Å². The summed E-state index contributed by atoms with van der Waals surface area (Å²) in [6.45, 7) is 0.212. The van der Waals surface area contributed by atoms with Gasteiger partial charge in [-0.2, -0.15) is 5.10 Å². The lowest BCUT2D eigenvalue weighted by molar-refractivity contribution is -0.0374. The van der Waals surface area contributed by atoms with Crippen LogP contribution in [-0.2, 0) is 23.8 Å². The fourth-order valence-electron chi connectivity index (χ4n) is 1.97. The molecule has 1 N–H and O–H groups in total. The van der Waals surface area contributed by atoms with Crippen molar-refractivity contribution in [3.8, 4) is 0 Å². The van der Waals surface area contributed by atoms with E-state index in [0.29, 0.717) is 6.42 Å². The van der Waals surface area contributed by atoms with E-state index in [0.717, 1.165) is 11.4 Å². The Labute approximate surface area is 106 Å². The molecular weight excluding hydrogens is 230 g/mol. The van der Waals surface area contributed by atoms with Crippen LogP contribution in [0.1, 0.15) is 11.4 Å². The van der Waals surface area contributed by atoms with Gasteiger partial charge in [-0.05, 0) is 5.56 Å². The second-order valence-corrected chi connectivity index (χ2v) is 4.31. The molecule has 96 valence electrons. The van der Waals surface area contributed by atoms with Gasteiger partial charge in [0.2, 0.25) is 0 Å². The Hall–Kier alpha value is -1.72. The third-order valence-corrected chi connectivity index (χ3v) is 2.95. The summed E-state index contributed by atoms with van der Waals surface area (Å²) in [5.74, 6) is 0.721. The number of rotatable bonds is 5. The number of ether oxygens (including phenoxy) is 1. The second kappa shape index (κ2) is 5.29. The first kappa shape index (κ1) is 12.7. The third-order valence-electron chi connectivity index (χ3n) is 2.95. The highest BCUT2D eigenvalue weighted by atomic mass is 16.5. The molecule has 5 heteroatoms. The van der Waals surface area contributed by atoms with E-state index >= 15 is 0 Å². The van der Waals surface area contributed by atoms with Gasteiger partial charge in [0.25, 0.3) is 0 Å². The molecule has 1 atom stereocenters. The zero-order valence-corrected chi connectivity index (χ0v) is 10.6. The highest BCUT2D eigenvalue weighted by Crippen LogP contribution is 2.25. The molecule has 0 fully saturated rings. The van der Waals surface area contributed by atoms with Crippen molar-refractivity contribution < 1.29 is 9.84 Å². The summed E-state index contributed by atoms with van der Waals surface area (Å²) in [5, 5.41) is 14.8. The molecule has 0 aliphatic heterocycles. The Morgan fingerprint density at radius 3 is 2.61 bits per heavy atom. The molecule has 0 radical (unpaired) electrons. The zero-order valence-electron chi connectivity index (χ0n) is 10.6. The molecular formula is C13H17N3O2. The lowest BCUT2D eigenvalue weighted by Crippen LogP contribution is -2.34. The summed E-state index contributed by atoms with van der Waals surface area (Å²) >= 11 is 0. The lowest BCUT2D eigenvalue weighted by Gasteiger charge is -2.27. The van der Waals surface area contributed by atoms with Gasteiger partial charge in [0.1, 0.15) is 17.8 Å². The van der Waals surface area contributed by atoms with E-state index in [1.807, 2.05) is 30.3 Å². The van der Waals surface area contributed by atoms with E-state index in [1.165, 1.54) is 6.33 Å². The molecule has 2 aromatic rings. The molecule has 1 unspecified atom stereocenters. The van der Waals surface area contributed by atoms with Gasteiger partial charge in [0.15, 0.2) is 0 Å². The highest BCUT2D eigenvalue weighted by molar-refractivity contribution is 5.23. The summed E-state index contributed by atoms with van der Waals surface area (Å²) in [4.78, 5) is 4.14. The van der Waals surface area contributed by atoms with Gasteiger partial charge in [-0.1, -0.05) is 30.3 Å². The smallest absolute Gasteiger partial charge is 0.138 e. The van der Waals surface area contributed by atoms with E-state index in [-0.39, 0.29) is 6.61 Å². The minimum absolute atomic E-state index is 0.212. The second-order valence-electron chi connectivity index (χ2n) is 4.31. The predicted molar refractivity (Wildman–Crippen MR) is 66.9 cm³/mol. The lowest BCUT2D eigenvalue weighted by atomic mass is 9.91. The van der Waals surface area contributed by atoms with Gasteiger partial charge >= 0.3 is 0 Å². The number of nitrogens with zero attached hydrogens (tertiary/aromatic N) is 3. The Morgan fingerprint density at radius 2 is 2.06 bits per heavy atom. The molecule has 0 saturated carbocycles. The summed E-state index contributed by atoms with van der Waals surface area (Å²) in [6.07, 6.45) is 1.84. The Bertz CT molecular complexity index is 498. The number of aromatic nitrogens is 3. The molecule has 18 heavy (non-hydrogen) atoms. The standard InChI is InChI=1S/C13H17N3O2/c1-16-12(14-10-15-16)8-13(17,9-18-2)11-6-4-3-5-7-11/h3-7,10,17H,8-9H2,1-2H3. The van der Waals surface area contributed by atoms with Crippen LogP contribution in [0.25, 0.3) is 0 Å². The molecule has 5 nitrogen and oxygen atoms in total. The molecule has 0 bridgehead atoms. The van der Waals surface area contributed by atoms with Crippen molar-refractivity contribution in [1.82, 2.24) is 14.8 Å². The van der Waals surface area contributed by atoms with Crippen molar-refractivity contribution in [3.63, 3.8) is 0 Å². The zero-order chi connectivity index (χ0) is 13.0. The van der Waals surface area contributed by atoms with E-state index < -0.39 is 5.60 Å². The molecule has 0 aliphatic carbocycles. The normalized spacial score (nSPS) is 14.4. The van der Waals surface area contributed by atoms with Crippen LogP contribution < -0.4 is 0 Å². The van der Waals surface area contributed by atoms with Crippen LogP contribution in [0.2, 0.25) is 0 Å². The SMILES string of the molecule is COCC(O)(Cc1ncnn1C)c1ccccc1. The molecule has 0 amide bonds. The first-order chi connectivity index (χ1) is 8.65. The maximum Gasteiger partial charge on any atom is 0.138 e. The van der Waals surface area contributed by atoms with Gasteiger partial charge in [-0.25, -0.2) is 4.98 Å². The molecule has 0 aliphatic rings. The molecule has 2 rings (SSSR count). The summed E-state index contributed by atoms with van der Waals surface area (Å²) in [7, 11) is 3.38. The van der Waals surface area contributed by atoms with Crippen molar-refractivity contribution in [2.45, 2.75) is 12.0 Å². The van der Waals surface area contributed by atoms with E-state index in [2.05, 4.69) is 10.1 Å². The van der Waals surface area contributed by atoms with Crippen molar-refractivity contribution >= 4 is 0 Å². The molecule has 1 aromatic carbocycles. The molecule has 1 aromatic heterocycles. The van der Waals surface area contributed by atoms with Gasteiger partial charge in [0, 0.05) is 20.6 Å². The van der Waals surface area contributed by atoms with Crippen LogP contribution in [0.4, 0.5) is 0 Å². The number of aryl methyl sites for hydroxylation is 1. The monoisotopic (exact) mass is 247 g/mol. The number of benzene rings is 1. The fraction of sp³-hybridized carbons (Fsp3) is 0.385. The van der Waals surface area contributed by atoms with E-state index in [4.69, 9.17) is 4.74 Å². The summed E-state index contributed by atoms with van der Waals surface area (Å²) < 4.78 is 6.80. The fourth-order valence-corrected chi connectivity index (χ4v) is 1.97. The highest BCUT2D eigenvalue weighted by Gasteiger charge is 2.31. The Morgan fingerprint density at radius 1 is 1.33 bits per heavy atom. The van der Waals surface area contributed by atoms with Crippen LogP contribution >= 0.6 is 0 Å². The van der Waals surface area contributed by atoms with Crippen LogP contribution in [0.3, 0.4) is 0 Å². The summed E-state index contributed by atoms with van der Waals surface area (Å²) in [6, 6.07) is 9.48. The largest absolute Gasteiger partial charge is 0.382 e. The first-order valence-corrected chi connectivity index (χ1v) is 5.75. The average Bonchev–Trinajstić information content (AvgIpc) is 2.76. The van der Waals surface area contributed by atoms with Gasteiger partial charge in [-0.3, -0.25) is 4.68 Å².